The summed E-state index contributed by atoms with van der Waals surface area (Å²) in [5.74, 6) is 0. The van der Waals surface area contributed by atoms with Gasteiger partial charge in [-0.15, -0.1) is 0 Å². The average Bonchev–Trinajstić information content (AvgIpc) is 1.58. The third-order valence-electron chi connectivity index (χ3n) is 0.341. The zero-order valence-electron chi connectivity index (χ0n) is 4.44. The van der Waals surface area contributed by atoms with Crippen LogP contribution in [0, 0.1) is 0 Å². The Hall–Kier alpha value is 4.00. The molecule has 0 bridgehead atoms. The van der Waals surface area contributed by atoms with Gasteiger partial charge >= 0.3 is 197 Å². The standard InChI is InChI=1S/C3H2O7.2Ca.2K.6H/c4-1(5)9-3(8)10-2(6)7;;;;;;;;;;/h(H,4,5)(H,6,7);;;;;;;;;;. The van der Waals surface area contributed by atoms with Crippen LogP contribution in [-0.4, -0.2) is 207 Å². The molecule has 0 spiro atoms. The van der Waals surface area contributed by atoms with Crippen molar-refractivity contribution >= 4 is 197 Å². The third kappa shape index (κ3) is 25.0. The summed E-state index contributed by atoms with van der Waals surface area (Å²) >= 11 is 0. The van der Waals surface area contributed by atoms with Crippen molar-refractivity contribution in [1.82, 2.24) is 0 Å². The Labute approximate surface area is 224 Å². The van der Waals surface area contributed by atoms with Crippen molar-refractivity contribution in [2.45, 2.75) is 0 Å². The second-order valence-electron chi connectivity index (χ2n) is 0.986. The van der Waals surface area contributed by atoms with Crippen molar-refractivity contribution in [2.75, 3.05) is 0 Å². The van der Waals surface area contributed by atoms with Gasteiger partial charge in [0, 0.05) is 0 Å². The van der Waals surface area contributed by atoms with Gasteiger partial charge in [0.25, 0.3) is 0 Å². The van der Waals surface area contributed by atoms with Crippen LogP contribution in [-0.2, 0) is 9.47 Å². The van der Waals surface area contributed by atoms with Gasteiger partial charge in [-0.05, 0) is 0 Å². The van der Waals surface area contributed by atoms with E-state index in [0.717, 1.165) is 0 Å². The number of hydrogen-bond acceptors (Lipinski definition) is 5. The Balaban J connectivity index is -0.0000000675. The Morgan fingerprint density at radius 2 is 1.00 bits per heavy atom. The molecule has 0 aliphatic rings. The molecule has 0 aromatic rings. The van der Waals surface area contributed by atoms with Gasteiger partial charge in [0.1, 0.15) is 0 Å². The number of hydrogen-bond donors (Lipinski definition) is 2. The van der Waals surface area contributed by atoms with E-state index in [0.29, 0.717) is 0 Å². The molecule has 0 aromatic carbocycles. The minimum atomic E-state index is -1.92. The summed E-state index contributed by atoms with van der Waals surface area (Å²) in [6.45, 7) is 0. The quantitative estimate of drug-likeness (QED) is 0.286. The van der Waals surface area contributed by atoms with Crippen LogP contribution in [0.4, 0.5) is 14.4 Å². The van der Waals surface area contributed by atoms with Crippen molar-refractivity contribution in [1.29, 1.82) is 0 Å². The molecule has 0 fully saturated rings. The van der Waals surface area contributed by atoms with Gasteiger partial charge in [0.2, 0.25) is 0 Å². The summed E-state index contributed by atoms with van der Waals surface area (Å²) in [6.07, 6.45) is -5.64. The zero-order chi connectivity index (χ0) is 8.15. The van der Waals surface area contributed by atoms with Crippen LogP contribution in [0.2, 0.25) is 0 Å². The summed E-state index contributed by atoms with van der Waals surface area (Å²) in [6, 6.07) is 0. The Morgan fingerprint density at radius 1 is 0.786 bits per heavy atom. The second kappa shape index (κ2) is 19.3. The van der Waals surface area contributed by atoms with Crippen LogP contribution in [0.5, 0.6) is 0 Å². The Kier molecular flexibility index (Phi) is 42.5. The van der Waals surface area contributed by atoms with Crippen LogP contribution >= 0.6 is 0 Å². The van der Waals surface area contributed by atoms with Crippen molar-refractivity contribution in [3.05, 3.63) is 0 Å². The number of ether oxygens (including phenoxy) is 2. The monoisotopic (exact) mass is 314 g/mol. The van der Waals surface area contributed by atoms with E-state index in [1.165, 1.54) is 0 Å². The molecule has 7 nitrogen and oxygen atoms in total. The number of carboxylic acid groups (broad SMARTS) is 2. The minimum absolute atomic E-state index is 0. The SMILES string of the molecule is O=C(O)OC(=O)OC(=O)O.[CaH2].[CaH2].[KH].[KH]. The maximum atomic E-state index is 9.86. The molecule has 0 saturated carbocycles. The van der Waals surface area contributed by atoms with E-state index in [-0.39, 0.29) is 178 Å². The molecule has 0 saturated heterocycles. The average molecular weight is 314 g/mol. The molecule has 0 rings (SSSR count). The first kappa shape index (κ1) is 30.8. The molecule has 14 heavy (non-hydrogen) atoms. The predicted octanol–water partition coefficient (Wildman–Crippen LogP) is -2.63. The number of carbonyl (C=O) groups is 3. The molecule has 68 valence electrons. The predicted molar refractivity (Wildman–Crippen MR) is 55.0 cm³/mol. The molecule has 0 aliphatic heterocycles. The maximum absolute atomic E-state index is 9.86. The molecule has 0 aromatic heterocycles. The van der Waals surface area contributed by atoms with Crippen molar-refractivity contribution in [2.24, 2.45) is 0 Å². The number of rotatable bonds is 0. The van der Waals surface area contributed by atoms with E-state index in [9.17, 15) is 14.4 Å². The van der Waals surface area contributed by atoms with Crippen LogP contribution in [0.25, 0.3) is 0 Å². The van der Waals surface area contributed by atoms with Gasteiger partial charge in [0.05, 0.1) is 0 Å². The fourth-order valence-electron chi connectivity index (χ4n) is 0.163. The van der Waals surface area contributed by atoms with Gasteiger partial charge in [-0.25, -0.2) is 14.4 Å². The second-order valence-corrected chi connectivity index (χ2v) is 0.986. The van der Waals surface area contributed by atoms with Gasteiger partial charge in [0.15, 0.2) is 0 Å². The van der Waals surface area contributed by atoms with E-state index in [4.69, 9.17) is 10.2 Å². The summed E-state index contributed by atoms with van der Waals surface area (Å²) < 4.78 is 6.47. The van der Waals surface area contributed by atoms with E-state index >= 15 is 0 Å². The first-order valence-electron chi connectivity index (χ1n) is 1.88. The van der Waals surface area contributed by atoms with Crippen LogP contribution in [0.15, 0.2) is 0 Å². The molecule has 0 heterocycles. The summed E-state index contributed by atoms with van der Waals surface area (Å²) in [5, 5.41) is 15.4. The molecule has 11 heteroatoms. The third-order valence-corrected chi connectivity index (χ3v) is 0.341. The molecule has 2 N–H and O–H groups in total. The Morgan fingerprint density at radius 3 is 1.14 bits per heavy atom. The summed E-state index contributed by atoms with van der Waals surface area (Å²) in [4.78, 5) is 28.8. The van der Waals surface area contributed by atoms with Crippen molar-refractivity contribution in [3.63, 3.8) is 0 Å². The van der Waals surface area contributed by atoms with Gasteiger partial charge in [-0.3, -0.25) is 0 Å². The van der Waals surface area contributed by atoms with E-state index in [1.54, 1.807) is 0 Å². The van der Waals surface area contributed by atoms with E-state index in [2.05, 4.69) is 9.47 Å². The van der Waals surface area contributed by atoms with Gasteiger partial charge in [-0.1, -0.05) is 0 Å². The molecule has 0 aliphatic carbocycles. The van der Waals surface area contributed by atoms with Crippen molar-refractivity contribution in [3.8, 4) is 0 Å². The fraction of sp³-hybridized carbons (Fsp3) is 0. The Bertz CT molecular complexity index is 168. The molecule has 0 radical (unpaired) electrons. The number of carbonyl (C=O) groups excluding carboxylic acids is 1. The summed E-state index contributed by atoms with van der Waals surface area (Å²) in [5.41, 5.74) is 0. The van der Waals surface area contributed by atoms with Gasteiger partial charge in [-0.2, -0.15) is 0 Å². The van der Waals surface area contributed by atoms with Crippen molar-refractivity contribution < 1.29 is 34.1 Å². The molecular weight excluding hydrogens is 306 g/mol. The van der Waals surface area contributed by atoms with Gasteiger partial charge < -0.3 is 19.7 Å². The first-order valence-corrected chi connectivity index (χ1v) is 1.88. The normalized spacial score (nSPS) is 5.71. The van der Waals surface area contributed by atoms with Crippen LogP contribution in [0.1, 0.15) is 0 Å². The fourth-order valence-corrected chi connectivity index (χ4v) is 0.163. The molecule has 0 amide bonds. The molecule has 0 atom stereocenters. The molecular formula is C3H8Ca2K2O7. The first-order chi connectivity index (χ1) is 4.52. The zero-order valence-corrected chi connectivity index (χ0v) is 4.44. The van der Waals surface area contributed by atoms with Crippen LogP contribution in [0.3, 0.4) is 0 Å². The topological polar surface area (TPSA) is 110 Å². The van der Waals surface area contributed by atoms with E-state index in [1.807, 2.05) is 0 Å². The summed E-state index contributed by atoms with van der Waals surface area (Å²) in [7, 11) is 0. The van der Waals surface area contributed by atoms with Crippen LogP contribution < -0.4 is 0 Å². The van der Waals surface area contributed by atoms with E-state index < -0.39 is 18.5 Å². The molecule has 0 unspecified atom stereocenters.